The van der Waals surface area contributed by atoms with Gasteiger partial charge in [-0.3, -0.25) is 4.79 Å². The quantitative estimate of drug-likeness (QED) is 0.814. The maximum atomic E-state index is 12.2. The molecular formula is C11H18N4O2. The van der Waals surface area contributed by atoms with E-state index in [1.54, 1.807) is 11.8 Å². The second-order valence-corrected chi connectivity index (χ2v) is 4.62. The number of aromatic nitrogens is 2. The van der Waals surface area contributed by atoms with Gasteiger partial charge in [0.1, 0.15) is 0 Å². The zero-order chi connectivity index (χ0) is 12.4. The highest BCUT2D eigenvalue weighted by Crippen LogP contribution is 2.22. The molecular weight excluding hydrogens is 220 g/mol. The van der Waals surface area contributed by atoms with Crippen LogP contribution in [-0.4, -0.2) is 40.1 Å². The molecule has 2 N–H and O–H groups in total. The van der Waals surface area contributed by atoms with E-state index in [0.29, 0.717) is 24.9 Å². The number of rotatable bonds is 2. The zero-order valence-corrected chi connectivity index (χ0v) is 10.2. The molecule has 0 bridgehead atoms. The molecule has 0 aromatic carbocycles. The Labute approximate surface area is 100 Å². The Balaban J connectivity index is 2.12. The van der Waals surface area contributed by atoms with Crippen LogP contribution >= 0.6 is 0 Å². The summed E-state index contributed by atoms with van der Waals surface area (Å²) in [5, 5.41) is 3.67. The van der Waals surface area contributed by atoms with E-state index in [1.165, 1.54) is 0 Å². The van der Waals surface area contributed by atoms with Gasteiger partial charge in [-0.15, -0.1) is 0 Å². The van der Waals surface area contributed by atoms with Gasteiger partial charge < -0.3 is 15.2 Å². The van der Waals surface area contributed by atoms with Gasteiger partial charge in [0.25, 0.3) is 11.7 Å². The first-order valence-corrected chi connectivity index (χ1v) is 5.93. The summed E-state index contributed by atoms with van der Waals surface area (Å²) in [6, 6.07) is 0.212. The van der Waals surface area contributed by atoms with Crippen molar-refractivity contribution in [3.05, 3.63) is 11.7 Å². The molecule has 17 heavy (non-hydrogen) atoms. The highest BCUT2D eigenvalue weighted by Gasteiger charge is 2.31. The topological polar surface area (TPSA) is 85.2 Å². The molecule has 2 rings (SSSR count). The lowest BCUT2D eigenvalue weighted by Gasteiger charge is -2.36. The largest absolute Gasteiger partial charge is 0.339 e. The summed E-state index contributed by atoms with van der Waals surface area (Å²) in [7, 11) is 0. The number of amides is 1. The highest BCUT2D eigenvalue weighted by atomic mass is 16.5. The maximum Gasteiger partial charge on any atom is 0.295 e. The smallest absolute Gasteiger partial charge is 0.295 e. The minimum absolute atomic E-state index is 0.145. The van der Waals surface area contributed by atoms with Gasteiger partial charge in [-0.05, 0) is 32.2 Å². The van der Waals surface area contributed by atoms with Crippen LogP contribution in [0.15, 0.2) is 4.52 Å². The van der Waals surface area contributed by atoms with Crippen molar-refractivity contribution in [1.82, 2.24) is 15.0 Å². The molecule has 1 aliphatic rings. The lowest BCUT2D eigenvalue weighted by atomic mass is 9.93. The normalized spacial score (nSPS) is 25.0. The molecule has 6 heteroatoms. The lowest BCUT2D eigenvalue weighted by Crippen LogP contribution is -2.47. The third-order valence-corrected chi connectivity index (χ3v) is 3.29. The van der Waals surface area contributed by atoms with E-state index in [1.807, 2.05) is 6.92 Å². The maximum absolute atomic E-state index is 12.2. The summed E-state index contributed by atoms with van der Waals surface area (Å²) >= 11 is 0. The van der Waals surface area contributed by atoms with E-state index < -0.39 is 0 Å². The number of aryl methyl sites for hydroxylation is 1. The number of hydrogen-bond donors (Lipinski definition) is 1. The van der Waals surface area contributed by atoms with Gasteiger partial charge in [0, 0.05) is 19.5 Å². The fourth-order valence-corrected chi connectivity index (χ4v) is 2.17. The van der Waals surface area contributed by atoms with Crippen LogP contribution < -0.4 is 5.73 Å². The van der Waals surface area contributed by atoms with Gasteiger partial charge >= 0.3 is 0 Å². The molecule has 1 aliphatic heterocycles. The van der Waals surface area contributed by atoms with Gasteiger partial charge in [0.05, 0.1) is 0 Å². The second-order valence-electron chi connectivity index (χ2n) is 4.62. The van der Waals surface area contributed by atoms with E-state index in [-0.39, 0.29) is 17.8 Å². The number of piperidine rings is 1. The number of carbonyl (C=O) groups is 1. The predicted molar refractivity (Wildman–Crippen MR) is 61.3 cm³/mol. The average molecular weight is 238 g/mol. The van der Waals surface area contributed by atoms with Crippen molar-refractivity contribution >= 4 is 5.91 Å². The molecule has 0 saturated carbocycles. The van der Waals surface area contributed by atoms with Gasteiger partial charge in [0.15, 0.2) is 0 Å². The van der Waals surface area contributed by atoms with E-state index in [4.69, 9.17) is 10.3 Å². The molecule has 0 radical (unpaired) electrons. The van der Waals surface area contributed by atoms with Gasteiger partial charge in [-0.1, -0.05) is 5.16 Å². The first kappa shape index (κ1) is 12.0. The Kier molecular flexibility index (Phi) is 3.42. The highest BCUT2D eigenvalue weighted by molar-refractivity contribution is 5.90. The SMILES string of the molecule is Cc1nc(C(=O)N2CC(CN)CCC2C)no1. The minimum Gasteiger partial charge on any atom is -0.339 e. The van der Waals surface area contributed by atoms with Crippen LogP contribution in [-0.2, 0) is 0 Å². The number of hydrogen-bond acceptors (Lipinski definition) is 5. The summed E-state index contributed by atoms with van der Waals surface area (Å²) in [6.45, 7) is 5.01. The van der Waals surface area contributed by atoms with Crippen molar-refractivity contribution < 1.29 is 9.32 Å². The second kappa shape index (κ2) is 4.83. The summed E-state index contributed by atoms with van der Waals surface area (Å²) < 4.78 is 4.83. The van der Waals surface area contributed by atoms with Crippen LogP contribution in [0.25, 0.3) is 0 Å². The summed E-state index contributed by atoms with van der Waals surface area (Å²) in [5.41, 5.74) is 5.67. The molecule has 1 saturated heterocycles. The summed E-state index contributed by atoms with van der Waals surface area (Å²) in [4.78, 5) is 18.0. The molecule has 2 heterocycles. The Bertz CT molecular complexity index is 404. The Morgan fingerprint density at radius 2 is 2.35 bits per heavy atom. The minimum atomic E-state index is -0.160. The zero-order valence-electron chi connectivity index (χ0n) is 10.2. The Hall–Kier alpha value is -1.43. The summed E-state index contributed by atoms with van der Waals surface area (Å²) in [5.74, 6) is 0.774. The molecule has 0 aliphatic carbocycles. The average Bonchev–Trinajstić information content (AvgIpc) is 2.76. The number of nitrogens with zero attached hydrogens (tertiary/aromatic N) is 3. The van der Waals surface area contributed by atoms with Gasteiger partial charge in [0.2, 0.25) is 5.89 Å². The van der Waals surface area contributed by atoms with Crippen LogP contribution in [0.5, 0.6) is 0 Å². The monoisotopic (exact) mass is 238 g/mol. The molecule has 1 amide bonds. The molecule has 6 nitrogen and oxygen atoms in total. The van der Waals surface area contributed by atoms with Crippen molar-refractivity contribution in [2.45, 2.75) is 32.7 Å². The van der Waals surface area contributed by atoms with Crippen LogP contribution in [0.4, 0.5) is 0 Å². The number of carbonyl (C=O) groups excluding carboxylic acids is 1. The number of likely N-dealkylation sites (tertiary alicyclic amines) is 1. The fourth-order valence-electron chi connectivity index (χ4n) is 2.17. The van der Waals surface area contributed by atoms with Crippen molar-refractivity contribution in [2.75, 3.05) is 13.1 Å². The lowest BCUT2D eigenvalue weighted by molar-refractivity contribution is 0.0551. The molecule has 1 aromatic heterocycles. The van der Waals surface area contributed by atoms with Crippen LogP contribution in [0.2, 0.25) is 0 Å². The van der Waals surface area contributed by atoms with E-state index in [9.17, 15) is 4.79 Å². The first-order valence-electron chi connectivity index (χ1n) is 5.93. The Morgan fingerprint density at radius 1 is 1.59 bits per heavy atom. The molecule has 1 fully saturated rings. The third kappa shape index (κ3) is 2.46. The van der Waals surface area contributed by atoms with E-state index >= 15 is 0 Å². The fraction of sp³-hybridized carbons (Fsp3) is 0.727. The van der Waals surface area contributed by atoms with E-state index in [0.717, 1.165) is 12.8 Å². The molecule has 2 unspecified atom stereocenters. The third-order valence-electron chi connectivity index (χ3n) is 3.29. The first-order chi connectivity index (χ1) is 8.11. The number of nitrogens with two attached hydrogens (primary N) is 1. The van der Waals surface area contributed by atoms with Crippen molar-refractivity contribution in [3.8, 4) is 0 Å². The Morgan fingerprint density at radius 3 is 2.94 bits per heavy atom. The standard InChI is InChI=1S/C11H18N4O2/c1-7-3-4-9(5-12)6-15(7)11(16)10-13-8(2)17-14-10/h7,9H,3-6,12H2,1-2H3. The van der Waals surface area contributed by atoms with Gasteiger partial charge in [-0.2, -0.15) is 4.98 Å². The molecule has 0 spiro atoms. The van der Waals surface area contributed by atoms with Crippen molar-refractivity contribution in [2.24, 2.45) is 11.7 Å². The van der Waals surface area contributed by atoms with Crippen LogP contribution in [0, 0.1) is 12.8 Å². The van der Waals surface area contributed by atoms with Crippen molar-refractivity contribution in [3.63, 3.8) is 0 Å². The summed E-state index contributed by atoms with van der Waals surface area (Å²) in [6.07, 6.45) is 2.05. The molecule has 2 atom stereocenters. The molecule has 94 valence electrons. The predicted octanol–water partition coefficient (Wildman–Crippen LogP) is 0.577. The van der Waals surface area contributed by atoms with Crippen LogP contribution in [0.3, 0.4) is 0 Å². The molecule has 1 aromatic rings. The van der Waals surface area contributed by atoms with Gasteiger partial charge in [-0.25, -0.2) is 0 Å². The van der Waals surface area contributed by atoms with Crippen LogP contribution in [0.1, 0.15) is 36.3 Å². The van der Waals surface area contributed by atoms with E-state index in [2.05, 4.69) is 10.1 Å². The van der Waals surface area contributed by atoms with Crippen molar-refractivity contribution in [1.29, 1.82) is 0 Å².